The summed E-state index contributed by atoms with van der Waals surface area (Å²) in [5, 5.41) is 3.56. The zero-order chi connectivity index (χ0) is 19.3. The number of nitrogens with one attached hydrogen (secondary N) is 2. The van der Waals surface area contributed by atoms with E-state index in [4.69, 9.17) is 4.74 Å². The Bertz CT molecular complexity index is 863. The van der Waals surface area contributed by atoms with E-state index < -0.39 is 10.0 Å². The van der Waals surface area contributed by atoms with E-state index in [-0.39, 0.29) is 0 Å². The van der Waals surface area contributed by atoms with Crippen molar-refractivity contribution in [1.82, 2.24) is 10.0 Å². The van der Waals surface area contributed by atoms with Crippen LogP contribution in [0.2, 0.25) is 0 Å². The highest BCUT2D eigenvalue weighted by Crippen LogP contribution is 2.25. The Kier molecular flexibility index (Phi) is 6.52. The Morgan fingerprint density at radius 3 is 2.59 bits per heavy atom. The molecular formula is C21H28N2O3S. The first-order valence-electron chi connectivity index (χ1n) is 9.43. The summed E-state index contributed by atoms with van der Waals surface area (Å²) in [6.07, 6.45) is 3.92. The van der Waals surface area contributed by atoms with Gasteiger partial charge in [0.15, 0.2) is 0 Å². The normalized spacial score (nSPS) is 16.7. The molecule has 0 aromatic heterocycles. The topological polar surface area (TPSA) is 67.4 Å². The number of benzene rings is 2. The zero-order valence-electron chi connectivity index (χ0n) is 16.0. The SMILES string of the molecule is COc1ccc2c(c1)CC(NCCCNS(=O)(=O)c1ccc(C)cc1)CC2. The molecule has 1 aliphatic carbocycles. The van der Waals surface area contributed by atoms with Crippen LogP contribution in [0.25, 0.3) is 0 Å². The lowest BCUT2D eigenvalue weighted by molar-refractivity contribution is 0.411. The maximum atomic E-state index is 12.3. The van der Waals surface area contributed by atoms with Gasteiger partial charge in [-0.3, -0.25) is 0 Å². The minimum absolute atomic E-state index is 0.318. The van der Waals surface area contributed by atoms with Gasteiger partial charge in [-0.1, -0.05) is 23.8 Å². The summed E-state index contributed by atoms with van der Waals surface area (Å²) in [6.45, 7) is 3.16. The van der Waals surface area contributed by atoms with Crippen LogP contribution < -0.4 is 14.8 Å². The standard InChI is InChI=1S/C21H28N2O3S/c1-16-4-10-21(11-5-16)27(24,25)23-13-3-12-22-19-8-6-17-7-9-20(26-2)15-18(17)14-19/h4-5,7,9-11,15,19,22-23H,3,6,8,12-14H2,1-2H3. The van der Waals surface area contributed by atoms with Gasteiger partial charge in [-0.2, -0.15) is 0 Å². The lowest BCUT2D eigenvalue weighted by atomic mass is 9.88. The monoisotopic (exact) mass is 388 g/mol. The van der Waals surface area contributed by atoms with Gasteiger partial charge in [0.1, 0.15) is 5.75 Å². The maximum Gasteiger partial charge on any atom is 0.240 e. The van der Waals surface area contributed by atoms with Crippen molar-refractivity contribution in [3.05, 3.63) is 59.2 Å². The molecule has 0 radical (unpaired) electrons. The van der Waals surface area contributed by atoms with Crippen LogP contribution in [0.4, 0.5) is 0 Å². The fourth-order valence-electron chi connectivity index (χ4n) is 3.44. The summed E-state index contributed by atoms with van der Waals surface area (Å²) in [4.78, 5) is 0.318. The fourth-order valence-corrected chi connectivity index (χ4v) is 4.51. The third-order valence-electron chi connectivity index (χ3n) is 5.05. The summed E-state index contributed by atoms with van der Waals surface area (Å²) >= 11 is 0. The Hall–Kier alpha value is -1.89. The van der Waals surface area contributed by atoms with Gasteiger partial charge in [-0.25, -0.2) is 13.1 Å². The molecule has 2 aromatic carbocycles. The molecule has 1 unspecified atom stereocenters. The van der Waals surface area contributed by atoms with Crippen molar-refractivity contribution in [2.75, 3.05) is 20.2 Å². The van der Waals surface area contributed by atoms with Crippen molar-refractivity contribution < 1.29 is 13.2 Å². The van der Waals surface area contributed by atoms with Crippen molar-refractivity contribution in [2.45, 2.75) is 43.5 Å². The van der Waals surface area contributed by atoms with Gasteiger partial charge in [-0.05, 0) is 74.5 Å². The van der Waals surface area contributed by atoms with Gasteiger partial charge in [0, 0.05) is 12.6 Å². The van der Waals surface area contributed by atoms with Crippen molar-refractivity contribution in [1.29, 1.82) is 0 Å². The van der Waals surface area contributed by atoms with E-state index in [1.165, 1.54) is 11.1 Å². The number of hydrogen-bond acceptors (Lipinski definition) is 4. The molecule has 2 aromatic rings. The Labute approximate surface area is 162 Å². The first-order chi connectivity index (χ1) is 13.0. The van der Waals surface area contributed by atoms with Crippen molar-refractivity contribution in [3.8, 4) is 5.75 Å². The minimum atomic E-state index is -3.42. The smallest absolute Gasteiger partial charge is 0.240 e. The largest absolute Gasteiger partial charge is 0.497 e. The van der Waals surface area contributed by atoms with Gasteiger partial charge in [0.25, 0.3) is 0 Å². The number of rotatable bonds is 8. The van der Waals surface area contributed by atoms with Crippen LogP contribution in [-0.4, -0.2) is 34.7 Å². The van der Waals surface area contributed by atoms with E-state index in [2.05, 4.69) is 22.2 Å². The molecule has 0 fully saturated rings. The number of sulfonamides is 1. The molecule has 27 heavy (non-hydrogen) atoms. The van der Waals surface area contributed by atoms with E-state index in [9.17, 15) is 8.42 Å². The predicted octanol–water partition coefficient (Wildman–Crippen LogP) is 2.82. The van der Waals surface area contributed by atoms with Crippen LogP contribution in [0.3, 0.4) is 0 Å². The molecule has 0 aliphatic heterocycles. The molecule has 1 aliphatic rings. The lowest BCUT2D eigenvalue weighted by Crippen LogP contribution is -2.36. The highest BCUT2D eigenvalue weighted by Gasteiger charge is 2.18. The fraction of sp³-hybridized carbons (Fsp3) is 0.429. The first kappa shape index (κ1) is 19.9. The predicted molar refractivity (Wildman–Crippen MR) is 108 cm³/mol. The van der Waals surface area contributed by atoms with Crippen LogP contribution >= 0.6 is 0 Å². The second-order valence-electron chi connectivity index (χ2n) is 7.09. The van der Waals surface area contributed by atoms with Crippen LogP contribution in [-0.2, 0) is 22.9 Å². The maximum absolute atomic E-state index is 12.3. The molecule has 1 atom stereocenters. The third-order valence-corrected chi connectivity index (χ3v) is 6.53. The van der Waals surface area contributed by atoms with Crippen molar-refractivity contribution in [2.24, 2.45) is 0 Å². The van der Waals surface area contributed by atoms with E-state index in [0.717, 1.165) is 43.5 Å². The molecule has 6 heteroatoms. The van der Waals surface area contributed by atoms with Gasteiger partial charge >= 0.3 is 0 Å². The zero-order valence-corrected chi connectivity index (χ0v) is 16.8. The van der Waals surface area contributed by atoms with Crippen LogP contribution in [0.15, 0.2) is 47.4 Å². The summed E-state index contributed by atoms with van der Waals surface area (Å²) in [5.74, 6) is 0.903. The molecule has 5 nitrogen and oxygen atoms in total. The van der Waals surface area contributed by atoms with Crippen LogP contribution in [0, 0.1) is 6.92 Å². The molecule has 146 valence electrons. The van der Waals surface area contributed by atoms with Gasteiger partial charge in [0.05, 0.1) is 12.0 Å². The highest BCUT2D eigenvalue weighted by atomic mass is 32.2. The number of fused-ring (bicyclic) bond motifs is 1. The summed E-state index contributed by atoms with van der Waals surface area (Å²) in [5.41, 5.74) is 3.79. The van der Waals surface area contributed by atoms with Gasteiger partial charge in [-0.15, -0.1) is 0 Å². The van der Waals surface area contributed by atoms with Crippen LogP contribution in [0.5, 0.6) is 5.75 Å². The molecule has 0 saturated carbocycles. The van der Waals surface area contributed by atoms with Crippen LogP contribution in [0.1, 0.15) is 29.5 Å². The van der Waals surface area contributed by atoms with Gasteiger partial charge in [0.2, 0.25) is 10.0 Å². The average Bonchev–Trinajstić information content (AvgIpc) is 2.67. The quantitative estimate of drug-likeness (QED) is 0.683. The van der Waals surface area contributed by atoms with E-state index in [1.807, 2.05) is 25.1 Å². The summed E-state index contributed by atoms with van der Waals surface area (Å²) in [7, 11) is -1.73. The molecule has 0 bridgehead atoms. The van der Waals surface area contributed by atoms with E-state index in [1.54, 1.807) is 19.2 Å². The van der Waals surface area contributed by atoms with Crippen molar-refractivity contribution >= 4 is 10.0 Å². The second kappa shape index (κ2) is 8.87. The molecule has 0 saturated heterocycles. The summed E-state index contributed by atoms with van der Waals surface area (Å²) in [6, 6.07) is 13.6. The molecule has 2 N–H and O–H groups in total. The Balaban J connectivity index is 1.42. The van der Waals surface area contributed by atoms with Gasteiger partial charge < -0.3 is 10.1 Å². The lowest BCUT2D eigenvalue weighted by Gasteiger charge is -2.26. The number of methoxy groups -OCH3 is 1. The number of aryl methyl sites for hydroxylation is 2. The van der Waals surface area contributed by atoms with E-state index >= 15 is 0 Å². The third kappa shape index (κ3) is 5.31. The Morgan fingerprint density at radius 1 is 1.07 bits per heavy atom. The molecular weight excluding hydrogens is 360 g/mol. The summed E-state index contributed by atoms with van der Waals surface area (Å²) < 4.78 is 32.5. The van der Waals surface area contributed by atoms with Crippen molar-refractivity contribution in [3.63, 3.8) is 0 Å². The Morgan fingerprint density at radius 2 is 1.85 bits per heavy atom. The molecule has 0 amide bonds. The minimum Gasteiger partial charge on any atom is -0.497 e. The second-order valence-corrected chi connectivity index (χ2v) is 8.86. The molecule has 0 heterocycles. The molecule has 0 spiro atoms. The van der Waals surface area contributed by atoms with E-state index in [0.29, 0.717) is 17.5 Å². The molecule has 3 rings (SSSR count). The number of ether oxygens (including phenoxy) is 1. The highest BCUT2D eigenvalue weighted by molar-refractivity contribution is 7.89. The first-order valence-corrected chi connectivity index (χ1v) is 10.9. The average molecular weight is 389 g/mol. The number of hydrogen-bond donors (Lipinski definition) is 2.